The van der Waals surface area contributed by atoms with Crippen LogP contribution < -0.4 is 5.32 Å². The van der Waals surface area contributed by atoms with E-state index in [0.29, 0.717) is 0 Å². The lowest BCUT2D eigenvalue weighted by Crippen LogP contribution is -2.30. The Bertz CT molecular complexity index is 364. The van der Waals surface area contributed by atoms with Crippen molar-refractivity contribution in [3.05, 3.63) is 0 Å². The highest BCUT2D eigenvalue weighted by atomic mass is 35.5. The van der Waals surface area contributed by atoms with Gasteiger partial charge in [0.25, 0.3) is 0 Å². The molecule has 0 spiro atoms. The molecule has 4 nitrogen and oxygen atoms in total. The Labute approximate surface area is 123 Å². The Kier molecular flexibility index (Phi) is 8.39. The summed E-state index contributed by atoms with van der Waals surface area (Å²) in [5.74, 6) is 2.19. The van der Waals surface area contributed by atoms with Gasteiger partial charge < -0.3 is 5.32 Å². The molecule has 0 atom stereocenters. The number of nitrogens with one attached hydrogen (secondary N) is 1. The van der Waals surface area contributed by atoms with Gasteiger partial charge in [0.05, 0.1) is 0 Å². The highest BCUT2D eigenvalue weighted by molar-refractivity contribution is 7.86. The zero-order chi connectivity index (χ0) is 14.5. The fourth-order valence-electron chi connectivity index (χ4n) is 2.74. The third-order valence-electron chi connectivity index (χ3n) is 3.74. The highest BCUT2D eigenvalue weighted by Crippen LogP contribution is 2.35. The second kappa shape index (κ2) is 8.41. The second-order valence-electron chi connectivity index (χ2n) is 5.05. The molecule has 1 aliphatic heterocycles. The van der Waals surface area contributed by atoms with E-state index >= 15 is 0 Å². The summed E-state index contributed by atoms with van der Waals surface area (Å²) >= 11 is 0. The molecule has 9 heteroatoms. The van der Waals surface area contributed by atoms with Crippen LogP contribution in [0.25, 0.3) is 0 Å². The number of hydrogen-bond acceptors (Lipinski definition) is 3. The van der Waals surface area contributed by atoms with E-state index in [-0.39, 0.29) is 12.4 Å². The Morgan fingerprint density at radius 2 is 1.30 bits per heavy atom. The lowest BCUT2D eigenvalue weighted by Gasteiger charge is -2.27. The molecule has 1 aliphatic carbocycles. The van der Waals surface area contributed by atoms with E-state index in [1.807, 2.05) is 0 Å². The summed E-state index contributed by atoms with van der Waals surface area (Å²) in [5, 5.41) is 3.44. The van der Waals surface area contributed by atoms with E-state index < -0.39 is 15.6 Å². The van der Waals surface area contributed by atoms with Crippen LogP contribution in [-0.2, 0) is 10.1 Å². The first kappa shape index (κ1) is 19.9. The van der Waals surface area contributed by atoms with Crippen LogP contribution in [0.4, 0.5) is 13.2 Å². The van der Waals surface area contributed by atoms with E-state index in [9.17, 15) is 13.2 Å². The standard InChI is InChI=1S/C10H19N.CHF3O3S.ClH/c1-2-4-9(3-1)10-5-7-11-8-6-10;2-1(3,4)8(5,6)7;/h9-11H,1-8H2;(H,5,6,7);1H. The molecule has 2 aliphatic rings. The average Bonchev–Trinajstić information content (AvgIpc) is 2.81. The predicted octanol–water partition coefficient (Wildman–Crippen LogP) is 2.99. The van der Waals surface area contributed by atoms with Crippen molar-refractivity contribution in [3.63, 3.8) is 0 Å². The monoisotopic (exact) mass is 339 g/mol. The third-order valence-corrected chi connectivity index (χ3v) is 4.33. The molecule has 0 unspecified atom stereocenters. The summed E-state index contributed by atoms with van der Waals surface area (Å²) in [5.41, 5.74) is -5.53. The Hall–Kier alpha value is -0.0500. The normalized spacial score (nSPS) is 21.8. The van der Waals surface area contributed by atoms with E-state index in [0.717, 1.165) is 11.8 Å². The fourth-order valence-corrected chi connectivity index (χ4v) is 2.74. The second-order valence-corrected chi connectivity index (χ2v) is 6.47. The molecule has 0 aromatic carbocycles. The van der Waals surface area contributed by atoms with E-state index in [2.05, 4.69) is 5.32 Å². The van der Waals surface area contributed by atoms with Gasteiger partial charge in [-0.15, -0.1) is 12.4 Å². The lowest BCUT2D eigenvalue weighted by atomic mass is 9.84. The number of piperidine rings is 1. The Morgan fingerprint density at radius 1 is 0.950 bits per heavy atom. The van der Waals surface area contributed by atoms with E-state index in [1.165, 1.54) is 51.6 Å². The summed E-state index contributed by atoms with van der Waals surface area (Å²) in [6, 6.07) is 0. The van der Waals surface area contributed by atoms with Crippen LogP contribution in [0.15, 0.2) is 0 Å². The minimum absolute atomic E-state index is 0. The minimum Gasteiger partial charge on any atom is -0.317 e. The summed E-state index contributed by atoms with van der Waals surface area (Å²) in [6.07, 6.45) is 8.98. The van der Waals surface area contributed by atoms with Crippen molar-refractivity contribution in [3.8, 4) is 0 Å². The zero-order valence-electron chi connectivity index (χ0n) is 11.0. The van der Waals surface area contributed by atoms with Crippen molar-refractivity contribution in [2.75, 3.05) is 13.1 Å². The molecule has 20 heavy (non-hydrogen) atoms. The van der Waals surface area contributed by atoms with Crippen LogP contribution in [0, 0.1) is 11.8 Å². The van der Waals surface area contributed by atoms with Crippen LogP contribution >= 0.6 is 12.4 Å². The van der Waals surface area contributed by atoms with Crippen molar-refractivity contribution in [2.24, 2.45) is 11.8 Å². The van der Waals surface area contributed by atoms with Crippen molar-refractivity contribution in [1.82, 2.24) is 5.32 Å². The highest BCUT2D eigenvalue weighted by Gasteiger charge is 2.44. The van der Waals surface area contributed by atoms with Gasteiger partial charge >= 0.3 is 15.6 Å². The zero-order valence-corrected chi connectivity index (χ0v) is 12.7. The molecule has 122 valence electrons. The van der Waals surface area contributed by atoms with Crippen molar-refractivity contribution >= 4 is 22.5 Å². The molecule has 0 radical (unpaired) electrons. The first-order valence-electron chi connectivity index (χ1n) is 6.46. The molecule has 0 bridgehead atoms. The fraction of sp³-hybridized carbons (Fsp3) is 1.00. The largest absolute Gasteiger partial charge is 0.522 e. The lowest BCUT2D eigenvalue weighted by molar-refractivity contribution is -0.0510. The SMILES string of the molecule is C1CCC(C2CCNCC2)C1.Cl.O=S(=O)(O)C(F)(F)F. The van der Waals surface area contributed by atoms with Crippen molar-refractivity contribution < 1.29 is 26.1 Å². The van der Waals surface area contributed by atoms with Crippen LogP contribution in [0.1, 0.15) is 38.5 Å². The molecule has 0 aromatic heterocycles. The molecule has 1 saturated carbocycles. The Morgan fingerprint density at radius 3 is 1.65 bits per heavy atom. The number of alkyl halides is 3. The first-order valence-corrected chi connectivity index (χ1v) is 7.90. The van der Waals surface area contributed by atoms with Gasteiger partial charge in [-0.25, -0.2) is 0 Å². The van der Waals surface area contributed by atoms with Crippen LogP contribution in [-0.4, -0.2) is 31.6 Å². The van der Waals surface area contributed by atoms with Gasteiger partial charge in [0.2, 0.25) is 0 Å². The summed E-state index contributed by atoms with van der Waals surface area (Å²) < 4.78 is 57.5. The van der Waals surface area contributed by atoms with Crippen LogP contribution in [0.3, 0.4) is 0 Å². The third kappa shape index (κ3) is 6.60. The molecule has 0 aromatic rings. The molecule has 1 saturated heterocycles. The Balaban J connectivity index is 0.000000364. The molecular formula is C11H21ClF3NO3S. The molecule has 2 N–H and O–H groups in total. The van der Waals surface area contributed by atoms with Gasteiger partial charge in [0.1, 0.15) is 0 Å². The maximum atomic E-state index is 10.7. The molecular weight excluding hydrogens is 319 g/mol. The summed E-state index contributed by atoms with van der Waals surface area (Å²) in [6.45, 7) is 2.56. The van der Waals surface area contributed by atoms with E-state index in [1.54, 1.807) is 0 Å². The minimum atomic E-state index is -5.84. The molecule has 2 rings (SSSR count). The van der Waals surface area contributed by atoms with E-state index in [4.69, 9.17) is 13.0 Å². The van der Waals surface area contributed by atoms with Crippen molar-refractivity contribution in [2.45, 2.75) is 44.0 Å². The molecule has 0 amide bonds. The first-order chi connectivity index (χ1) is 8.72. The number of halogens is 4. The van der Waals surface area contributed by atoms with Crippen LogP contribution in [0.2, 0.25) is 0 Å². The van der Waals surface area contributed by atoms with Gasteiger partial charge in [-0.05, 0) is 37.8 Å². The quantitative estimate of drug-likeness (QED) is 0.569. The maximum absolute atomic E-state index is 10.7. The van der Waals surface area contributed by atoms with Crippen LogP contribution in [0.5, 0.6) is 0 Å². The van der Waals surface area contributed by atoms with Gasteiger partial charge in [-0.1, -0.05) is 25.7 Å². The van der Waals surface area contributed by atoms with Gasteiger partial charge in [-0.2, -0.15) is 21.6 Å². The molecule has 1 heterocycles. The smallest absolute Gasteiger partial charge is 0.317 e. The maximum Gasteiger partial charge on any atom is 0.522 e. The number of rotatable bonds is 1. The van der Waals surface area contributed by atoms with Gasteiger partial charge in [0.15, 0.2) is 0 Å². The number of hydrogen-bond donors (Lipinski definition) is 2. The summed E-state index contributed by atoms with van der Waals surface area (Å²) in [7, 11) is -5.84. The molecule has 2 fully saturated rings. The summed E-state index contributed by atoms with van der Waals surface area (Å²) in [4.78, 5) is 0. The topological polar surface area (TPSA) is 66.4 Å². The van der Waals surface area contributed by atoms with Gasteiger partial charge in [0, 0.05) is 0 Å². The van der Waals surface area contributed by atoms with Gasteiger partial charge in [-0.3, -0.25) is 4.55 Å². The average molecular weight is 340 g/mol. The predicted molar refractivity (Wildman–Crippen MR) is 72.4 cm³/mol. The van der Waals surface area contributed by atoms with Crippen molar-refractivity contribution in [1.29, 1.82) is 0 Å².